The molecule has 0 radical (unpaired) electrons. The van der Waals surface area contributed by atoms with Gasteiger partial charge in [-0.1, -0.05) is 12.2 Å². The highest BCUT2D eigenvalue weighted by molar-refractivity contribution is 7.51. The zero-order chi connectivity index (χ0) is 17.1. The molecule has 9 nitrogen and oxygen atoms in total. The Morgan fingerprint density at radius 2 is 2.29 bits per heavy atom. The summed E-state index contributed by atoms with van der Waals surface area (Å²) < 4.78 is 18.3. The number of anilines is 1. The lowest BCUT2D eigenvalue weighted by atomic mass is 10.0. The number of hydrogen-bond acceptors (Lipinski definition) is 6. The Kier molecular flexibility index (Phi) is 3.20. The Hall–Kier alpha value is -2.06. The van der Waals surface area contributed by atoms with Crippen molar-refractivity contribution < 1.29 is 19.1 Å². The molecule has 2 aliphatic carbocycles. The van der Waals surface area contributed by atoms with Crippen LogP contribution in [0.25, 0.3) is 11.2 Å². The summed E-state index contributed by atoms with van der Waals surface area (Å²) in [4.78, 5) is 30.4. The minimum absolute atomic E-state index is 0.00667. The molecule has 0 bridgehead atoms. The lowest BCUT2D eigenvalue weighted by Gasteiger charge is -2.18. The van der Waals surface area contributed by atoms with E-state index in [1.54, 1.807) is 12.4 Å². The Balaban J connectivity index is 1.61. The lowest BCUT2D eigenvalue weighted by molar-refractivity contribution is 0.118. The Morgan fingerprint density at radius 3 is 2.96 bits per heavy atom. The fourth-order valence-corrected chi connectivity index (χ4v) is 3.82. The third kappa shape index (κ3) is 2.21. The third-order valence-corrected chi connectivity index (χ3v) is 5.13. The van der Waals surface area contributed by atoms with Crippen molar-refractivity contribution >= 4 is 24.6 Å². The number of aromatic nitrogens is 4. The van der Waals surface area contributed by atoms with Crippen molar-refractivity contribution in [2.75, 3.05) is 12.1 Å². The van der Waals surface area contributed by atoms with E-state index in [9.17, 15) is 4.57 Å². The van der Waals surface area contributed by atoms with E-state index in [0.29, 0.717) is 23.4 Å². The predicted molar refractivity (Wildman–Crippen MR) is 85.9 cm³/mol. The van der Waals surface area contributed by atoms with Gasteiger partial charge in [0.25, 0.3) is 0 Å². The van der Waals surface area contributed by atoms with Crippen molar-refractivity contribution in [3.8, 4) is 0 Å². The molecule has 4 rings (SSSR count). The van der Waals surface area contributed by atoms with Crippen LogP contribution in [0.2, 0.25) is 0 Å². The molecular formula is C14H16N5O4P. The van der Waals surface area contributed by atoms with E-state index in [-0.39, 0.29) is 17.6 Å². The molecule has 1 unspecified atom stereocenters. The van der Waals surface area contributed by atoms with Crippen molar-refractivity contribution in [2.24, 2.45) is 5.41 Å². The average molecular weight is 349 g/mol. The number of nitrogens with zero attached hydrogens (tertiary/aromatic N) is 4. The molecule has 2 heterocycles. The van der Waals surface area contributed by atoms with Crippen LogP contribution in [-0.4, -0.2) is 41.8 Å². The van der Waals surface area contributed by atoms with E-state index >= 15 is 0 Å². The van der Waals surface area contributed by atoms with Crippen molar-refractivity contribution in [2.45, 2.75) is 18.6 Å². The normalized spacial score (nSPS) is 28.7. The summed E-state index contributed by atoms with van der Waals surface area (Å²) in [6.07, 6.45) is 6.63. The smallest absolute Gasteiger partial charge is 0.351 e. The molecule has 126 valence electrons. The van der Waals surface area contributed by atoms with E-state index in [1.165, 1.54) is 6.33 Å². The van der Waals surface area contributed by atoms with Crippen LogP contribution in [0, 0.1) is 5.41 Å². The number of allylic oxidation sites excluding steroid dienone is 1. The van der Waals surface area contributed by atoms with Gasteiger partial charge in [0.1, 0.15) is 18.2 Å². The summed E-state index contributed by atoms with van der Waals surface area (Å²) in [6, 6.07) is 0.00667. The molecule has 1 saturated carbocycles. The summed E-state index contributed by atoms with van der Waals surface area (Å²) in [7, 11) is -4.19. The first-order valence-corrected chi connectivity index (χ1v) is 9.10. The Morgan fingerprint density at radius 1 is 1.50 bits per heavy atom. The monoisotopic (exact) mass is 349 g/mol. The number of nitrogens with two attached hydrogens (primary N) is 1. The standard InChI is InChI=1S/C14H16N5O4P/c1-2-14-4-8(3-9(14)11(14)23-7-24(20,21)22)19-6-18-10-12(15)16-5-17-13(10)19/h2-3,5-6,8,11H,1,4,7H2,(H2,15,16,17)(H2,20,21,22)/t8-,11?,14-/m0/s1. The van der Waals surface area contributed by atoms with E-state index in [2.05, 4.69) is 21.5 Å². The molecule has 0 saturated heterocycles. The molecule has 4 N–H and O–H groups in total. The highest BCUT2D eigenvalue weighted by Crippen LogP contribution is 2.65. The van der Waals surface area contributed by atoms with Gasteiger partial charge in [-0.3, -0.25) is 4.57 Å². The molecule has 10 heteroatoms. The molecule has 0 aromatic carbocycles. The second-order valence-corrected chi connectivity index (χ2v) is 7.65. The van der Waals surface area contributed by atoms with E-state index in [4.69, 9.17) is 20.3 Å². The number of hydrogen-bond donors (Lipinski definition) is 3. The van der Waals surface area contributed by atoms with E-state index in [0.717, 1.165) is 5.57 Å². The van der Waals surface area contributed by atoms with Crippen LogP contribution in [0.3, 0.4) is 0 Å². The van der Waals surface area contributed by atoms with Gasteiger partial charge in [-0.05, 0) is 12.0 Å². The maximum absolute atomic E-state index is 11.0. The van der Waals surface area contributed by atoms with Crippen molar-refractivity contribution in [1.29, 1.82) is 0 Å². The average Bonchev–Trinajstić information content (AvgIpc) is 2.88. The summed E-state index contributed by atoms with van der Waals surface area (Å²) in [5.41, 5.74) is 7.62. The molecule has 0 amide bonds. The van der Waals surface area contributed by atoms with Crippen molar-refractivity contribution in [3.63, 3.8) is 0 Å². The third-order valence-electron chi connectivity index (χ3n) is 4.64. The zero-order valence-corrected chi connectivity index (χ0v) is 13.5. The van der Waals surface area contributed by atoms with Crippen LogP contribution in [0.15, 0.2) is 37.0 Å². The van der Waals surface area contributed by atoms with Gasteiger partial charge < -0.3 is 24.8 Å². The van der Waals surface area contributed by atoms with Crippen LogP contribution >= 0.6 is 7.60 Å². The van der Waals surface area contributed by atoms with Crippen LogP contribution in [-0.2, 0) is 9.30 Å². The molecule has 1 fully saturated rings. The fourth-order valence-electron chi connectivity index (χ4n) is 3.47. The van der Waals surface area contributed by atoms with Crippen LogP contribution in [0.4, 0.5) is 5.82 Å². The number of nitrogen functional groups attached to an aromatic ring is 1. The molecule has 2 aliphatic rings. The van der Waals surface area contributed by atoms with Gasteiger partial charge in [0, 0.05) is 5.41 Å². The van der Waals surface area contributed by atoms with E-state index in [1.807, 2.05) is 10.6 Å². The Bertz CT molecular complexity index is 919. The molecular weight excluding hydrogens is 333 g/mol. The molecule has 2 aromatic rings. The molecule has 2 aromatic heterocycles. The van der Waals surface area contributed by atoms with Gasteiger partial charge in [-0.15, -0.1) is 6.58 Å². The zero-order valence-electron chi connectivity index (χ0n) is 12.6. The van der Waals surface area contributed by atoms with Crippen LogP contribution in [0.5, 0.6) is 0 Å². The molecule has 0 spiro atoms. The van der Waals surface area contributed by atoms with Gasteiger partial charge in [0.05, 0.1) is 18.5 Å². The quantitative estimate of drug-likeness (QED) is 0.537. The highest BCUT2D eigenvalue weighted by atomic mass is 31.2. The van der Waals surface area contributed by atoms with Gasteiger partial charge in [-0.2, -0.15) is 0 Å². The first kappa shape index (κ1) is 15.5. The number of imidazole rings is 1. The van der Waals surface area contributed by atoms with Gasteiger partial charge in [0.2, 0.25) is 0 Å². The first-order chi connectivity index (χ1) is 11.4. The second kappa shape index (κ2) is 4.97. The molecule has 3 atom stereocenters. The van der Waals surface area contributed by atoms with Crippen LogP contribution < -0.4 is 5.73 Å². The largest absolute Gasteiger partial charge is 0.382 e. The Labute approximate surface area is 137 Å². The van der Waals surface area contributed by atoms with Gasteiger partial charge in [-0.25, -0.2) is 15.0 Å². The SMILES string of the molecule is C=C[C@]12C[C@@H](n3cnc4c(N)ncnc43)C=C1C2OCP(=O)(O)O. The topological polar surface area (TPSA) is 136 Å². The predicted octanol–water partition coefficient (Wildman–Crippen LogP) is 0.986. The first-order valence-electron chi connectivity index (χ1n) is 7.31. The molecule has 24 heavy (non-hydrogen) atoms. The number of ether oxygens (including phenoxy) is 1. The van der Waals surface area contributed by atoms with Gasteiger partial charge >= 0.3 is 7.60 Å². The summed E-state index contributed by atoms with van der Waals surface area (Å²) in [5.74, 6) is 0.329. The maximum Gasteiger partial charge on any atom is 0.351 e. The number of fused-ring (bicyclic) bond motifs is 2. The van der Waals surface area contributed by atoms with Gasteiger partial charge in [0.15, 0.2) is 11.5 Å². The highest BCUT2D eigenvalue weighted by Gasteiger charge is 2.63. The summed E-state index contributed by atoms with van der Waals surface area (Å²) in [6.45, 7) is 3.86. The summed E-state index contributed by atoms with van der Waals surface area (Å²) >= 11 is 0. The molecule has 0 aliphatic heterocycles. The summed E-state index contributed by atoms with van der Waals surface area (Å²) in [5, 5.41) is 0. The van der Waals surface area contributed by atoms with E-state index < -0.39 is 13.9 Å². The minimum Gasteiger partial charge on any atom is -0.382 e. The van der Waals surface area contributed by atoms with Crippen LogP contribution in [0.1, 0.15) is 12.5 Å². The minimum atomic E-state index is -4.19. The second-order valence-electron chi connectivity index (χ2n) is 6.06. The van der Waals surface area contributed by atoms with Crippen molar-refractivity contribution in [3.05, 3.63) is 37.0 Å². The maximum atomic E-state index is 11.0. The number of rotatable bonds is 5. The van der Waals surface area contributed by atoms with Crippen molar-refractivity contribution in [1.82, 2.24) is 19.5 Å². The fraction of sp³-hybridized carbons (Fsp3) is 0.357. The lowest BCUT2D eigenvalue weighted by Crippen LogP contribution is -2.15.